The Bertz CT molecular complexity index is 460. The van der Waals surface area contributed by atoms with E-state index in [-0.39, 0.29) is 12.6 Å². The number of nitrogens with one attached hydrogen (secondary N) is 1. The molecule has 0 radical (unpaired) electrons. The predicted molar refractivity (Wildman–Crippen MR) is 71.3 cm³/mol. The highest BCUT2D eigenvalue weighted by Crippen LogP contribution is 2.19. The van der Waals surface area contributed by atoms with Crippen molar-refractivity contribution < 1.29 is 8.42 Å². The van der Waals surface area contributed by atoms with Crippen LogP contribution in [0, 0.1) is 0 Å². The molecule has 0 bridgehead atoms. The third kappa shape index (κ3) is 3.27. The van der Waals surface area contributed by atoms with Crippen molar-refractivity contribution in [1.82, 2.24) is 14.0 Å². The molecule has 1 aliphatic heterocycles. The average molecular weight is 290 g/mol. The van der Waals surface area contributed by atoms with Gasteiger partial charge in [-0.05, 0) is 12.8 Å². The third-order valence-corrected chi connectivity index (χ3v) is 5.43. The minimum Gasteiger partial charge on any atom is -0.329 e. The number of thiazole rings is 1. The van der Waals surface area contributed by atoms with Gasteiger partial charge in [0, 0.05) is 30.7 Å². The molecule has 0 aliphatic carbocycles. The van der Waals surface area contributed by atoms with Crippen LogP contribution in [0.5, 0.6) is 0 Å². The van der Waals surface area contributed by atoms with E-state index >= 15 is 0 Å². The van der Waals surface area contributed by atoms with Gasteiger partial charge < -0.3 is 5.73 Å². The van der Waals surface area contributed by atoms with Crippen molar-refractivity contribution >= 4 is 21.5 Å². The lowest BCUT2D eigenvalue weighted by molar-refractivity contribution is 0.254. The highest BCUT2D eigenvalue weighted by Gasteiger charge is 2.31. The van der Waals surface area contributed by atoms with Crippen LogP contribution in [0.2, 0.25) is 0 Å². The second-order valence-corrected chi connectivity index (χ2v) is 6.93. The van der Waals surface area contributed by atoms with Gasteiger partial charge in [0.05, 0.1) is 6.54 Å². The van der Waals surface area contributed by atoms with Crippen LogP contribution in [-0.4, -0.2) is 36.8 Å². The summed E-state index contributed by atoms with van der Waals surface area (Å²) in [4.78, 5) is 4.05. The third-order valence-electron chi connectivity index (χ3n) is 3.04. The fourth-order valence-corrected chi connectivity index (χ4v) is 4.19. The predicted octanol–water partition coefficient (Wildman–Crippen LogP) is 0.291. The molecule has 102 valence electrons. The number of rotatable bonds is 5. The van der Waals surface area contributed by atoms with E-state index in [1.165, 1.54) is 15.6 Å². The summed E-state index contributed by atoms with van der Waals surface area (Å²) in [6.07, 6.45) is 4.45. The van der Waals surface area contributed by atoms with Crippen LogP contribution >= 0.6 is 11.3 Å². The minimum absolute atomic E-state index is 0.0763. The Morgan fingerprint density at radius 2 is 2.39 bits per heavy atom. The van der Waals surface area contributed by atoms with Gasteiger partial charge in [-0.15, -0.1) is 11.3 Å². The Kier molecular flexibility index (Phi) is 4.68. The molecule has 2 rings (SSSR count). The van der Waals surface area contributed by atoms with Gasteiger partial charge in [0.15, 0.2) is 0 Å². The van der Waals surface area contributed by atoms with E-state index in [0.29, 0.717) is 13.1 Å². The maximum Gasteiger partial charge on any atom is 0.280 e. The molecule has 1 fully saturated rings. The smallest absolute Gasteiger partial charge is 0.280 e. The normalized spacial score (nSPS) is 22.2. The number of nitrogens with zero attached hydrogens (tertiary/aromatic N) is 2. The van der Waals surface area contributed by atoms with Crippen LogP contribution < -0.4 is 10.5 Å². The molecule has 18 heavy (non-hydrogen) atoms. The largest absolute Gasteiger partial charge is 0.329 e. The van der Waals surface area contributed by atoms with Crippen molar-refractivity contribution in [3.05, 3.63) is 16.6 Å². The van der Waals surface area contributed by atoms with E-state index < -0.39 is 10.2 Å². The number of hydrogen-bond acceptors (Lipinski definition) is 5. The Labute approximate surface area is 111 Å². The number of hydrogen-bond donors (Lipinski definition) is 2. The molecule has 1 aromatic rings. The molecule has 1 aliphatic rings. The molecule has 3 N–H and O–H groups in total. The van der Waals surface area contributed by atoms with Crippen molar-refractivity contribution in [1.29, 1.82) is 0 Å². The maximum absolute atomic E-state index is 12.2. The first-order valence-electron chi connectivity index (χ1n) is 5.98. The molecule has 0 amide bonds. The molecular formula is C10H18N4O2S2. The molecule has 8 heteroatoms. The van der Waals surface area contributed by atoms with Crippen LogP contribution in [0.25, 0.3) is 0 Å². The second kappa shape index (κ2) is 6.07. The molecule has 1 saturated heterocycles. The quantitative estimate of drug-likeness (QED) is 0.816. The summed E-state index contributed by atoms with van der Waals surface area (Å²) in [5.74, 6) is 0. The van der Waals surface area contributed by atoms with Gasteiger partial charge >= 0.3 is 0 Å². The van der Waals surface area contributed by atoms with E-state index in [2.05, 4.69) is 9.71 Å². The number of nitrogens with two attached hydrogens (primary N) is 1. The monoisotopic (exact) mass is 290 g/mol. The zero-order chi connectivity index (χ0) is 13.0. The van der Waals surface area contributed by atoms with Gasteiger partial charge in [0.1, 0.15) is 5.01 Å². The standard InChI is InChI=1S/C10H18N4O2S2/c11-7-9-3-1-2-5-14(9)18(15,16)13-8-10-12-4-6-17-10/h4,6,9,13H,1-3,5,7-8,11H2. The topological polar surface area (TPSA) is 88.3 Å². The Hall–Kier alpha value is -0.540. The van der Waals surface area contributed by atoms with Gasteiger partial charge in [-0.3, -0.25) is 0 Å². The van der Waals surface area contributed by atoms with Crippen molar-refractivity contribution in [2.45, 2.75) is 31.8 Å². The first-order chi connectivity index (χ1) is 8.63. The van der Waals surface area contributed by atoms with Crippen LogP contribution in [0.1, 0.15) is 24.3 Å². The van der Waals surface area contributed by atoms with E-state index in [9.17, 15) is 8.42 Å². The van der Waals surface area contributed by atoms with E-state index in [1.807, 2.05) is 5.38 Å². The Balaban J connectivity index is 2.00. The van der Waals surface area contributed by atoms with Crippen molar-refractivity contribution in [3.63, 3.8) is 0 Å². The summed E-state index contributed by atoms with van der Waals surface area (Å²) in [7, 11) is -3.45. The van der Waals surface area contributed by atoms with E-state index in [0.717, 1.165) is 24.3 Å². The Morgan fingerprint density at radius 3 is 3.06 bits per heavy atom. The van der Waals surface area contributed by atoms with Crippen LogP contribution in [0.15, 0.2) is 11.6 Å². The van der Waals surface area contributed by atoms with Crippen LogP contribution in [-0.2, 0) is 16.8 Å². The zero-order valence-corrected chi connectivity index (χ0v) is 11.7. The molecule has 6 nitrogen and oxygen atoms in total. The molecule has 2 heterocycles. The maximum atomic E-state index is 12.2. The summed E-state index contributed by atoms with van der Waals surface area (Å²) in [5, 5.41) is 2.59. The van der Waals surface area contributed by atoms with E-state index in [1.54, 1.807) is 6.20 Å². The summed E-state index contributed by atoms with van der Waals surface area (Å²) in [5.41, 5.74) is 5.64. The van der Waals surface area contributed by atoms with Gasteiger partial charge in [-0.25, -0.2) is 4.98 Å². The van der Waals surface area contributed by atoms with Crippen molar-refractivity contribution in [2.75, 3.05) is 13.1 Å². The van der Waals surface area contributed by atoms with Gasteiger partial charge in [-0.1, -0.05) is 6.42 Å². The number of aromatic nitrogens is 1. The molecule has 1 unspecified atom stereocenters. The van der Waals surface area contributed by atoms with Crippen LogP contribution in [0.4, 0.5) is 0 Å². The summed E-state index contributed by atoms with van der Waals surface area (Å²) in [6.45, 7) is 1.17. The fourth-order valence-electron chi connectivity index (χ4n) is 2.10. The summed E-state index contributed by atoms with van der Waals surface area (Å²) >= 11 is 1.44. The van der Waals surface area contributed by atoms with Crippen molar-refractivity contribution in [2.24, 2.45) is 5.73 Å². The van der Waals surface area contributed by atoms with E-state index in [4.69, 9.17) is 5.73 Å². The van der Waals surface area contributed by atoms with Crippen molar-refractivity contribution in [3.8, 4) is 0 Å². The van der Waals surface area contributed by atoms with Gasteiger partial charge in [-0.2, -0.15) is 17.4 Å². The fraction of sp³-hybridized carbons (Fsp3) is 0.700. The first kappa shape index (κ1) is 13.9. The van der Waals surface area contributed by atoms with Crippen LogP contribution in [0.3, 0.4) is 0 Å². The molecular weight excluding hydrogens is 272 g/mol. The SMILES string of the molecule is NCC1CCCCN1S(=O)(=O)NCc1nccs1. The molecule has 1 atom stereocenters. The first-order valence-corrected chi connectivity index (χ1v) is 8.30. The van der Waals surface area contributed by atoms with Gasteiger partial charge in [0.25, 0.3) is 10.2 Å². The minimum atomic E-state index is -3.45. The second-order valence-electron chi connectivity index (χ2n) is 4.25. The lowest BCUT2D eigenvalue weighted by Crippen LogP contribution is -2.51. The molecule has 0 aromatic carbocycles. The lowest BCUT2D eigenvalue weighted by atomic mass is 10.1. The average Bonchev–Trinajstić information content (AvgIpc) is 2.89. The lowest BCUT2D eigenvalue weighted by Gasteiger charge is -2.33. The summed E-state index contributed by atoms with van der Waals surface area (Å²) in [6, 6.07) is -0.0763. The van der Waals surface area contributed by atoms with Gasteiger partial charge in [0.2, 0.25) is 0 Å². The highest BCUT2D eigenvalue weighted by molar-refractivity contribution is 7.87. The Morgan fingerprint density at radius 1 is 1.56 bits per heavy atom. The number of piperidine rings is 1. The molecule has 1 aromatic heterocycles. The summed E-state index contributed by atoms with van der Waals surface area (Å²) < 4.78 is 28.4. The molecule has 0 spiro atoms. The highest BCUT2D eigenvalue weighted by atomic mass is 32.2. The zero-order valence-electron chi connectivity index (χ0n) is 10.1. The molecule has 0 saturated carbocycles.